The molecule has 1 aliphatic heterocycles. The van der Waals surface area contributed by atoms with E-state index in [0.717, 1.165) is 41.5 Å². The molecule has 0 bridgehead atoms. The lowest BCUT2D eigenvalue weighted by atomic mass is 10.2. The van der Waals surface area contributed by atoms with Crippen molar-refractivity contribution in [2.24, 2.45) is 0 Å². The second kappa shape index (κ2) is 6.20. The quantitative estimate of drug-likeness (QED) is 0.721. The molecule has 2 aromatic heterocycles. The predicted octanol–water partition coefficient (Wildman–Crippen LogP) is 2.31. The molecule has 0 radical (unpaired) electrons. The zero-order valence-electron chi connectivity index (χ0n) is 14.5. The van der Waals surface area contributed by atoms with Crippen LogP contribution in [0.3, 0.4) is 0 Å². The van der Waals surface area contributed by atoms with Gasteiger partial charge in [0.1, 0.15) is 5.82 Å². The number of hydrogen-bond acceptors (Lipinski definition) is 4. The summed E-state index contributed by atoms with van der Waals surface area (Å²) >= 11 is 0. The molecule has 4 rings (SSSR count). The van der Waals surface area contributed by atoms with Crippen LogP contribution in [0, 0.1) is 13.8 Å². The van der Waals surface area contributed by atoms with Crippen LogP contribution in [-0.2, 0) is 0 Å². The van der Waals surface area contributed by atoms with E-state index >= 15 is 0 Å². The van der Waals surface area contributed by atoms with Gasteiger partial charge in [0, 0.05) is 49.6 Å². The molecule has 1 fully saturated rings. The molecular weight excluding hydrogens is 314 g/mol. The highest BCUT2D eigenvalue weighted by atomic mass is 16.2. The highest BCUT2D eigenvalue weighted by Crippen LogP contribution is 2.20. The van der Waals surface area contributed by atoms with Crippen molar-refractivity contribution in [1.29, 1.82) is 0 Å². The zero-order valence-corrected chi connectivity index (χ0v) is 14.5. The number of carbonyl (C=O) groups excluding carboxylic acids is 1. The fourth-order valence-corrected chi connectivity index (χ4v) is 3.32. The van der Waals surface area contributed by atoms with Gasteiger partial charge in [0.25, 0.3) is 5.91 Å². The predicted molar refractivity (Wildman–Crippen MR) is 97.0 cm³/mol. The minimum absolute atomic E-state index is 0.103. The molecule has 1 saturated heterocycles. The molecule has 1 amide bonds. The molecular formula is C19H21N5O. The van der Waals surface area contributed by atoms with Gasteiger partial charge in [-0.25, -0.2) is 4.98 Å². The lowest BCUT2D eigenvalue weighted by Gasteiger charge is -2.36. The number of aromatic nitrogens is 3. The van der Waals surface area contributed by atoms with Crippen molar-refractivity contribution in [3.63, 3.8) is 0 Å². The van der Waals surface area contributed by atoms with Gasteiger partial charge in [-0.1, -0.05) is 18.2 Å². The number of rotatable bonds is 2. The van der Waals surface area contributed by atoms with Crippen molar-refractivity contribution in [2.45, 2.75) is 13.8 Å². The molecule has 6 heteroatoms. The molecule has 3 heterocycles. The highest BCUT2D eigenvalue weighted by Gasteiger charge is 2.24. The standard InChI is InChI=1S/C19H21N5O/c1-14-13-18(24-17(20-14)12-15(2)21-24)22-8-10-23(11-9-22)19(25)16-6-4-3-5-7-16/h3-7,12-13H,8-11H2,1-2H3. The molecule has 0 saturated carbocycles. The van der Waals surface area contributed by atoms with Crippen molar-refractivity contribution in [3.8, 4) is 0 Å². The Morgan fingerprint density at radius 2 is 1.68 bits per heavy atom. The van der Waals surface area contributed by atoms with Gasteiger partial charge in [-0.2, -0.15) is 9.61 Å². The summed E-state index contributed by atoms with van der Waals surface area (Å²) in [5.74, 6) is 1.15. The molecule has 1 aliphatic rings. The van der Waals surface area contributed by atoms with Crippen LogP contribution in [0.2, 0.25) is 0 Å². The van der Waals surface area contributed by atoms with Crippen molar-refractivity contribution in [3.05, 3.63) is 59.4 Å². The van der Waals surface area contributed by atoms with E-state index in [2.05, 4.69) is 21.0 Å². The number of aryl methyl sites for hydroxylation is 2. The first kappa shape index (κ1) is 15.6. The largest absolute Gasteiger partial charge is 0.353 e. The number of benzene rings is 1. The molecule has 1 aromatic carbocycles. The van der Waals surface area contributed by atoms with E-state index in [0.29, 0.717) is 13.1 Å². The van der Waals surface area contributed by atoms with E-state index in [-0.39, 0.29) is 5.91 Å². The monoisotopic (exact) mass is 335 g/mol. The van der Waals surface area contributed by atoms with Gasteiger partial charge >= 0.3 is 0 Å². The third kappa shape index (κ3) is 2.95. The van der Waals surface area contributed by atoms with Gasteiger partial charge < -0.3 is 9.80 Å². The maximum Gasteiger partial charge on any atom is 0.253 e. The summed E-state index contributed by atoms with van der Waals surface area (Å²) in [6, 6.07) is 13.5. The normalized spacial score (nSPS) is 15.0. The summed E-state index contributed by atoms with van der Waals surface area (Å²) < 4.78 is 1.90. The number of piperazine rings is 1. The minimum atomic E-state index is 0.103. The SMILES string of the molecule is Cc1cc(N2CCN(C(=O)c3ccccc3)CC2)n2nc(C)cc2n1. The summed E-state index contributed by atoms with van der Waals surface area (Å²) in [6.07, 6.45) is 0. The summed E-state index contributed by atoms with van der Waals surface area (Å²) in [5, 5.41) is 4.56. The fourth-order valence-electron chi connectivity index (χ4n) is 3.32. The highest BCUT2D eigenvalue weighted by molar-refractivity contribution is 5.94. The van der Waals surface area contributed by atoms with Crippen LogP contribution in [0.15, 0.2) is 42.5 Å². The van der Waals surface area contributed by atoms with E-state index in [1.54, 1.807) is 0 Å². The van der Waals surface area contributed by atoms with Gasteiger partial charge in [0.15, 0.2) is 5.65 Å². The molecule has 25 heavy (non-hydrogen) atoms. The first-order valence-corrected chi connectivity index (χ1v) is 8.55. The van der Waals surface area contributed by atoms with E-state index in [1.807, 2.05) is 59.7 Å². The Kier molecular flexibility index (Phi) is 3.87. The molecule has 0 aliphatic carbocycles. The molecule has 0 spiro atoms. The lowest BCUT2D eigenvalue weighted by molar-refractivity contribution is 0.0746. The number of anilines is 1. The number of hydrogen-bond donors (Lipinski definition) is 0. The zero-order chi connectivity index (χ0) is 17.4. The summed E-state index contributed by atoms with van der Waals surface area (Å²) in [7, 11) is 0. The fraction of sp³-hybridized carbons (Fsp3) is 0.316. The van der Waals surface area contributed by atoms with Gasteiger partial charge in [-0.05, 0) is 26.0 Å². The first-order chi connectivity index (χ1) is 12.1. The number of fused-ring (bicyclic) bond motifs is 1. The van der Waals surface area contributed by atoms with Gasteiger partial charge in [0.05, 0.1) is 5.69 Å². The van der Waals surface area contributed by atoms with Crippen LogP contribution in [0.1, 0.15) is 21.7 Å². The van der Waals surface area contributed by atoms with Crippen LogP contribution in [-0.4, -0.2) is 51.6 Å². The summed E-state index contributed by atoms with van der Waals surface area (Å²) in [4.78, 5) is 21.3. The van der Waals surface area contributed by atoms with Gasteiger partial charge in [-0.3, -0.25) is 4.79 Å². The number of amides is 1. The van der Waals surface area contributed by atoms with Crippen molar-refractivity contribution < 1.29 is 4.79 Å². The van der Waals surface area contributed by atoms with E-state index in [4.69, 9.17) is 0 Å². The lowest BCUT2D eigenvalue weighted by Crippen LogP contribution is -2.49. The first-order valence-electron chi connectivity index (χ1n) is 8.55. The second-order valence-electron chi connectivity index (χ2n) is 6.46. The Bertz CT molecular complexity index is 910. The Labute approximate surface area is 146 Å². The number of nitrogens with zero attached hydrogens (tertiary/aromatic N) is 5. The maximum absolute atomic E-state index is 12.6. The smallest absolute Gasteiger partial charge is 0.253 e. The van der Waals surface area contributed by atoms with E-state index in [9.17, 15) is 4.79 Å². The average Bonchev–Trinajstić information content (AvgIpc) is 3.01. The average molecular weight is 335 g/mol. The molecule has 0 unspecified atom stereocenters. The third-order valence-corrected chi connectivity index (χ3v) is 4.57. The van der Waals surface area contributed by atoms with Crippen LogP contribution < -0.4 is 4.90 Å². The van der Waals surface area contributed by atoms with E-state index in [1.165, 1.54) is 0 Å². The third-order valence-electron chi connectivity index (χ3n) is 4.57. The van der Waals surface area contributed by atoms with Gasteiger partial charge in [0.2, 0.25) is 0 Å². The Balaban J connectivity index is 1.54. The molecule has 3 aromatic rings. The molecule has 0 N–H and O–H groups in total. The molecule has 128 valence electrons. The van der Waals surface area contributed by atoms with Gasteiger partial charge in [-0.15, -0.1) is 0 Å². The molecule has 0 atom stereocenters. The second-order valence-corrected chi connectivity index (χ2v) is 6.46. The Morgan fingerprint density at radius 1 is 0.960 bits per heavy atom. The van der Waals surface area contributed by atoms with E-state index < -0.39 is 0 Å². The van der Waals surface area contributed by atoms with Crippen LogP contribution in [0.5, 0.6) is 0 Å². The van der Waals surface area contributed by atoms with Crippen molar-refractivity contribution in [2.75, 3.05) is 31.1 Å². The topological polar surface area (TPSA) is 53.7 Å². The summed E-state index contributed by atoms with van der Waals surface area (Å²) in [5.41, 5.74) is 3.55. The van der Waals surface area contributed by atoms with Crippen molar-refractivity contribution in [1.82, 2.24) is 19.5 Å². The van der Waals surface area contributed by atoms with Crippen LogP contribution in [0.25, 0.3) is 5.65 Å². The van der Waals surface area contributed by atoms with Crippen LogP contribution in [0.4, 0.5) is 5.82 Å². The maximum atomic E-state index is 12.6. The summed E-state index contributed by atoms with van der Waals surface area (Å²) in [6.45, 7) is 6.96. The minimum Gasteiger partial charge on any atom is -0.353 e. The van der Waals surface area contributed by atoms with Crippen molar-refractivity contribution >= 4 is 17.4 Å². The molecule has 6 nitrogen and oxygen atoms in total. The Morgan fingerprint density at radius 3 is 2.40 bits per heavy atom. The number of carbonyl (C=O) groups is 1. The Hall–Kier alpha value is -2.89. The van der Waals surface area contributed by atoms with Crippen LogP contribution >= 0.6 is 0 Å².